The van der Waals surface area contributed by atoms with E-state index in [0.717, 1.165) is 23.3 Å². The maximum Gasteiger partial charge on any atom is 0.232 e. The van der Waals surface area contributed by atoms with Crippen LogP contribution >= 0.6 is 11.8 Å². The summed E-state index contributed by atoms with van der Waals surface area (Å²) in [6, 6.07) is 11.6. The van der Waals surface area contributed by atoms with Crippen LogP contribution in [0.4, 0.5) is 0 Å². The number of aromatic nitrogens is 1. The normalized spacial score (nSPS) is 23.8. The molecule has 1 aromatic carbocycles. The van der Waals surface area contributed by atoms with Crippen LogP contribution in [0.5, 0.6) is 0 Å². The Morgan fingerprint density at radius 2 is 1.92 bits per heavy atom. The van der Waals surface area contributed by atoms with E-state index >= 15 is 0 Å². The monoisotopic (exact) mass is 369 g/mol. The molecule has 0 bridgehead atoms. The average molecular weight is 369 g/mol. The fourth-order valence-corrected chi connectivity index (χ4v) is 5.09. The molecule has 2 atom stereocenters. The van der Waals surface area contributed by atoms with E-state index in [0.29, 0.717) is 18.8 Å². The van der Waals surface area contributed by atoms with Crippen LogP contribution in [0.3, 0.4) is 0 Å². The smallest absolute Gasteiger partial charge is 0.232 e. The molecule has 1 saturated heterocycles. The summed E-state index contributed by atoms with van der Waals surface area (Å²) in [5.41, 5.74) is 8.16. The number of carbonyl (C=O) groups is 1. The minimum atomic E-state index is -0.580. The van der Waals surface area contributed by atoms with Gasteiger partial charge in [0.15, 0.2) is 0 Å². The zero-order chi connectivity index (χ0) is 18.1. The van der Waals surface area contributed by atoms with E-state index in [4.69, 9.17) is 5.73 Å². The zero-order valence-corrected chi connectivity index (χ0v) is 15.4. The molecule has 2 aromatic rings. The molecular formula is C20H23N3O2S. The third kappa shape index (κ3) is 2.92. The highest BCUT2D eigenvalue weighted by Gasteiger charge is 2.51. The number of pyridine rings is 1. The molecule has 4 rings (SSSR count). The molecule has 3 N–H and O–H groups in total. The van der Waals surface area contributed by atoms with Gasteiger partial charge < -0.3 is 15.7 Å². The molecule has 1 amide bonds. The predicted molar refractivity (Wildman–Crippen MR) is 102 cm³/mol. The van der Waals surface area contributed by atoms with Crippen molar-refractivity contribution in [3.8, 4) is 0 Å². The number of thioether (sulfide) groups is 1. The van der Waals surface area contributed by atoms with Crippen molar-refractivity contribution in [3.05, 3.63) is 59.9 Å². The fraction of sp³-hybridized carbons (Fsp3) is 0.400. The number of aliphatic hydroxyl groups is 1. The number of likely N-dealkylation sites (tertiary alicyclic amines) is 1. The topological polar surface area (TPSA) is 79.5 Å². The second-order valence-corrected chi connectivity index (χ2v) is 8.12. The van der Waals surface area contributed by atoms with Gasteiger partial charge in [0.25, 0.3) is 0 Å². The summed E-state index contributed by atoms with van der Waals surface area (Å²) in [7, 11) is 0. The van der Waals surface area contributed by atoms with E-state index in [-0.39, 0.29) is 17.4 Å². The third-order valence-corrected chi connectivity index (χ3v) is 6.78. The van der Waals surface area contributed by atoms with Crippen LogP contribution in [0.2, 0.25) is 0 Å². The molecule has 1 aromatic heterocycles. The molecule has 0 saturated carbocycles. The Morgan fingerprint density at radius 3 is 2.65 bits per heavy atom. The number of fused-ring (bicyclic) bond motifs is 2. The summed E-state index contributed by atoms with van der Waals surface area (Å²) in [5.74, 6) is 0.571. The van der Waals surface area contributed by atoms with E-state index in [1.807, 2.05) is 35.2 Å². The summed E-state index contributed by atoms with van der Waals surface area (Å²) in [5, 5.41) is 10.8. The van der Waals surface area contributed by atoms with Gasteiger partial charge in [-0.2, -0.15) is 0 Å². The van der Waals surface area contributed by atoms with Gasteiger partial charge in [-0.3, -0.25) is 9.78 Å². The highest BCUT2D eigenvalue weighted by atomic mass is 32.2. The Morgan fingerprint density at radius 1 is 1.23 bits per heavy atom. The van der Waals surface area contributed by atoms with Gasteiger partial charge >= 0.3 is 0 Å². The second-order valence-electron chi connectivity index (χ2n) is 7.07. The minimum Gasteiger partial charge on any atom is -0.390 e. The van der Waals surface area contributed by atoms with Gasteiger partial charge in [-0.05, 0) is 36.1 Å². The predicted octanol–water partition coefficient (Wildman–Crippen LogP) is 2.11. The molecule has 1 aliphatic carbocycles. The molecule has 2 heterocycles. The van der Waals surface area contributed by atoms with Gasteiger partial charge in [0.2, 0.25) is 5.91 Å². The first-order valence-corrected chi connectivity index (χ1v) is 9.94. The highest BCUT2D eigenvalue weighted by molar-refractivity contribution is 8.00. The van der Waals surface area contributed by atoms with Crippen molar-refractivity contribution >= 4 is 17.7 Å². The molecule has 1 aliphatic heterocycles. The quantitative estimate of drug-likeness (QED) is 0.810. The van der Waals surface area contributed by atoms with E-state index in [1.165, 1.54) is 17.3 Å². The van der Waals surface area contributed by atoms with Crippen LogP contribution in [0.25, 0.3) is 0 Å². The molecule has 5 nitrogen and oxygen atoms in total. The Balaban J connectivity index is 1.42. The molecule has 26 heavy (non-hydrogen) atoms. The van der Waals surface area contributed by atoms with Crippen molar-refractivity contribution < 1.29 is 9.90 Å². The first kappa shape index (κ1) is 17.5. The lowest BCUT2D eigenvalue weighted by atomic mass is 9.72. The number of rotatable bonds is 3. The average Bonchev–Trinajstić information content (AvgIpc) is 2.90. The molecular weight excluding hydrogens is 346 g/mol. The van der Waals surface area contributed by atoms with Crippen LogP contribution in [0, 0.1) is 0 Å². The number of nitrogens with two attached hydrogens (primary N) is 1. The minimum absolute atomic E-state index is 0.145. The summed E-state index contributed by atoms with van der Waals surface area (Å²) in [6.07, 6.45) is 4.40. The largest absolute Gasteiger partial charge is 0.390 e. The molecule has 1 spiro atoms. The maximum atomic E-state index is 12.6. The lowest BCUT2D eigenvalue weighted by Gasteiger charge is -2.42. The van der Waals surface area contributed by atoms with Crippen molar-refractivity contribution in [2.75, 3.05) is 18.8 Å². The molecule has 1 fully saturated rings. The second kappa shape index (κ2) is 7.02. The number of aliphatic hydroxyl groups excluding tert-OH is 1. The number of benzene rings is 1. The lowest BCUT2D eigenvalue weighted by molar-refractivity contribution is -0.130. The van der Waals surface area contributed by atoms with Crippen LogP contribution < -0.4 is 5.73 Å². The SMILES string of the molecule is N[C@@H]1c2ccccc2C2(CCN(C(=O)CSc3ccncc3)CC2)[C@H]1O. The number of nitrogens with zero attached hydrogens (tertiary/aromatic N) is 2. The van der Waals surface area contributed by atoms with Crippen molar-refractivity contribution in [2.45, 2.75) is 35.3 Å². The number of piperidine rings is 1. The summed E-state index contributed by atoms with van der Waals surface area (Å²) in [6.45, 7) is 1.32. The van der Waals surface area contributed by atoms with Crippen molar-refractivity contribution in [1.82, 2.24) is 9.88 Å². The number of hydrogen-bond acceptors (Lipinski definition) is 5. The van der Waals surface area contributed by atoms with Crippen LogP contribution in [0.1, 0.15) is 30.0 Å². The first-order valence-electron chi connectivity index (χ1n) is 8.95. The van der Waals surface area contributed by atoms with Crippen molar-refractivity contribution in [3.63, 3.8) is 0 Å². The summed E-state index contributed by atoms with van der Waals surface area (Å²) < 4.78 is 0. The van der Waals surface area contributed by atoms with E-state index in [2.05, 4.69) is 11.1 Å². The number of carbonyl (C=O) groups excluding carboxylic acids is 1. The maximum absolute atomic E-state index is 12.6. The first-order chi connectivity index (χ1) is 12.6. The molecule has 6 heteroatoms. The molecule has 2 aliphatic rings. The lowest BCUT2D eigenvalue weighted by Crippen LogP contribution is -2.50. The third-order valence-electron chi connectivity index (χ3n) is 5.78. The van der Waals surface area contributed by atoms with Crippen LogP contribution in [-0.4, -0.2) is 45.8 Å². The van der Waals surface area contributed by atoms with Gasteiger partial charge in [0.1, 0.15) is 0 Å². The van der Waals surface area contributed by atoms with E-state index in [1.54, 1.807) is 12.4 Å². The summed E-state index contributed by atoms with van der Waals surface area (Å²) in [4.78, 5) is 19.5. The number of hydrogen-bond donors (Lipinski definition) is 2. The molecule has 0 unspecified atom stereocenters. The highest BCUT2D eigenvalue weighted by Crippen LogP contribution is 2.50. The van der Waals surface area contributed by atoms with Gasteiger partial charge in [-0.1, -0.05) is 24.3 Å². The molecule has 136 valence electrons. The molecule has 0 radical (unpaired) electrons. The Labute approximate surface area is 157 Å². The summed E-state index contributed by atoms with van der Waals surface area (Å²) >= 11 is 1.53. The standard InChI is InChI=1S/C20H23N3O2S/c21-18-15-3-1-2-4-16(15)20(19(18)25)7-11-23(12-8-20)17(24)13-26-14-5-9-22-10-6-14/h1-6,9-10,18-19,25H,7-8,11-13,21H2/t18-,19+/m1/s1. The van der Waals surface area contributed by atoms with E-state index in [9.17, 15) is 9.90 Å². The van der Waals surface area contributed by atoms with Gasteiger partial charge in [0.05, 0.1) is 17.9 Å². The number of amides is 1. The van der Waals surface area contributed by atoms with Gasteiger partial charge in [-0.15, -0.1) is 11.8 Å². The van der Waals surface area contributed by atoms with Crippen molar-refractivity contribution in [2.24, 2.45) is 5.73 Å². The Bertz CT molecular complexity index is 791. The van der Waals surface area contributed by atoms with Crippen LogP contribution in [-0.2, 0) is 10.2 Å². The van der Waals surface area contributed by atoms with Crippen molar-refractivity contribution in [1.29, 1.82) is 0 Å². The van der Waals surface area contributed by atoms with Gasteiger partial charge in [-0.25, -0.2) is 0 Å². The van der Waals surface area contributed by atoms with Crippen LogP contribution in [0.15, 0.2) is 53.7 Å². The van der Waals surface area contributed by atoms with E-state index < -0.39 is 6.10 Å². The Kier molecular flexibility index (Phi) is 4.73. The fourth-order valence-electron chi connectivity index (χ4n) is 4.31. The zero-order valence-electron chi connectivity index (χ0n) is 14.5. The Hall–Kier alpha value is -1.89. The van der Waals surface area contributed by atoms with Gasteiger partial charge in [0, 0.05) is 35.8 Å².